The van der Waals surface area contributed by atoms with Crippen LogP contribution in [0.15, 0.2) is 25.3 Å². The highest BCUT2D eigenvalue weighted by molar-refractivity contribution is 5.94. The molecule has 0 atom stereocenters. The molecule has 0 rings (SSSR count). The van der Waals surface area contributed by atoms with Gasteiger partial charge in [0, 0.05) is 0 Å². The fourth-order valence-corrected chi connectivity index (χ4v) is 0.820. The van der Waals surface area contributed by atoms with Crippen molar-refractivity contribution in [1.82, 2.24) is 0 Å². The summed E-state index contributed by atoms with van der Waals surface area (Å²) in [7, 11) is 0. The van der Waals surface area contributed by atoms with Gasteiger partial charge in [-0.2, -0.15) is 0 Å². The van der Waals surface area contributed by atoms with Gasteiger partial charge in [0.1, 0.15) is 37.6 Å². The van der Waals surface area contributed by atoms with Gasteiger partial charge in [-0.3, -0.25) is 19.2 Å². The van der Waals surface area contributed by atoms with Crippen LogP contribution in [0.3, 0.4) is 0 Å². The Morgan fingerprint density at radius 3 is 1.18 bits per heavy atom. The highest BCUT2D eigenvalue weighted by atomic mass is 16.6. The number of hydrogen-bond acceptors (Lipinski definition) is 6. The number of ketones is 2. The quantitative estimate of drug-likeness (QED) is 0.310. The lowest BCUT2D eigenvalue weighted by molar-refractivity contribution is -0.154. The van der Waals surface area contributed by atoms with Crippen LogP contribution in [0.1, 0.15) is 40.5 Å². The van der Waals surface area contributed by atoms with Crippen LogP contribution in [0, 0.1) is 0 Å². The van der Waals surface area contributed by atoms with E-state index >= 15 is 0 Å². The minimum atomic E-state index is -0.657. The maximum atomic E-state index is 10.8. The number of ether oxygens (including phenoxy) is 2. The molecule has 0 aromatic carbocycles. The van der Waals surface area contributed by atoms with Crippen LogP contribution in [-0.4, -0.2) is 36.7 Å². The molecule has 0 N–H and O–H groups in total. The Balaban J connectivity index is -0.000000515. The van der Waals surface area contributed by atoms with E-state index in [1.165, 1.54) is 13.8 Å². The number of esters is 2. The lowest BCUT2D eigenvalue weighted by Crippen LogP contribution is -2.16. The predicted octanol–water partition coefficient (Wildman–Crippen LogP) is 2.42. The van der Waals surface area contributed by atoms with Crippen molar-refractivity contribution < 1.29 is 28.7 Å². The first kappa shape index (κ1) is 24.8. The van der Waals surface area contributed by atoms with Crippen molar-refractivity contribution in [2.45, 2.75) is 40.5 Å². The summed E-state index contributed by atoms with van der Waals surface area (Å²) >= 11 is 0. The van der Waals surface area contributed by atoms with E-state index in [0.29, 0.717) is 0 Å². The normalized spacial score (nSPS) is 8.00. The molecule has 0 aliphatic rings. The molecular weight excluding hydrogens is 288 g/mol. The molecule has 0 unspecified atom stereocenters. The van der Waals surface area contributed by atoms with E-state index < -0.39 is 11.9 Å². The van der Waals surface area contributed by atoms with Gasteiger partial charge >= 0.3 is 11.9 Å². The first-order valence-electron chi connectivity index (χ1n) is 6.69. The molecular formula is C16H26O6. The highest BCUT2D eigenvalue weighted by Crippen LogP contribution is 1.91. The van der Waals surface area contributed by atoms with Gasteiger partial charge in [-0.15, -0.1) is 13.2 Å². The van der Waals surface area contributed by atoms with Crippen LogP contribution in [-0.2, 0) is 28.7 Å². The van der Waals surface area contributed by atoms with Gasteiger partial charge in [0.05, 0.1) is 0 Å². The average Bonchev–Trinajstić information content (AvgIpc) is 2.35. The zero-order valence-corrected chi connectivity index (χ0v) is 13.8. The first-order chi connectivity index (χ1) is 10.2. The van der Waals surface area contributed by atoms with E-state index in [9.17, 15) is 19.2 Å². The topological polar surface area (TPSA) is 86.7 Å². The summed E-state index contributed by atoms with van der Waals surface area (Å²) < 4.78 is 9.17. The van der Waals surface area contributed by atoms with Crippen LogP contribution < -0.4 is 0 Å². The second-order valence-corrected chi connectivity index (χ2v) is 4.02. The lowest BCUT2D eigenvalue weighted by Gasteiger charge is -2.04. The SMILES string of the molecule is C=CC.C=CC.CC(=O)CC(=O)OCCOC(=O)CC(C)=O. The molecule has 6 nitrogen and oxygen atoms in total. The van der Waals surface area contributed by atoms with Crippen LogP contribution in [0.4, 0.5) is 0 Å². The molecule has 0 heterocycles. The van der Waals surface area contributed by atoms with E-state index in [-0.39, 0.29) is 37.6 Å². The monoisotopic (exact) mass is 314 g/mol. The van der Waals surface area contributed by atoms with Gasteiger partial charge in [-0.05, 0) is 27.7 Å². The Kier molecular flexibility index (Phi) is 21.1. The molecule has 0 fully saturated rings. The van der Waals surface area contributed by atoms with Gasteiger partial charge in [-0.25, -0.2) is 0 Å². The molecule has 0 amide bonds. The molecule has 0 aliphatic heterocycles. The van der Waals surface area contributed by atoms with Crippen molar-refractivity contribution in [2.24, 2.45) is 0 Å². The molecule has 6 heteroatoms. The van der Waals surface area contributed by atoms with Crippen molar-refractivity contribution in [2.75, 3.05) is 13.2 Å². The molecule has 0 saturated heterocycles. The molecule has 0 saturated carbocycles. The third-order valence-electron chi connectivity index (χ3n) is 1.40. The number of rotatable bonds is 7. The van der Waals surface area contributed by atoms with Crippen molar-refractivity contribution >= 4 is 23.5 Å². The largest absolute Gasteiger partial charge is 0.462 e. The minimum absolute atomic E-state index is 0.115. The summed E-state index contributed by atoms with van der Waals surface area (Å²) in [4.78, 5) is 42.7. The number of carbonyl (C=O) groups is 4. The lowest BCUT2D eigenvalue weighted by atomic mass is 10.3. The molecule has 22 heavy (non-hydrogen) atoms. The van der Waals surface area contributed by atoms with Crippen molar-refractivity contribution in [3.63, 3.8) is 0 Å². The molecule has 0 aliphatic carbocycles. The predicted molar refractivity (Wildman–Crippen MR) is 84.3 cm³/mol. The number of carbonyl (C=O) groups excluding carboxylic acids is 4. The summed E-state index contributed by atoms with van der Waals surface area (Å²) in [5.74, 6) is -1.90. The second kappa shape index (κ2) is 18.8. The minimum Gasteiger partial charge on any atom is -0.462 e. The third kappa shape index (κ3) is 30.6. The van der Waals surface area contributed by atoms with Gasteiger partial charge in [0.15, 0.2) is 0 Å². The average molecular weight is 314 g/mol. The molecule has 0 aromatic rings. The smallest absolute Gasteiger partial charge is 0.313 e. The molecule has 0 bridgehead atoms. The maximum absolute atomic E-state index is 10.8. The first-order valence-corrected chi connectivity index (χ1v) is 6.69. The summed E-state index contributed by atoms with van der Waals surface area (Å²) in [5.41, 5.74) is 0. The molecule has 0 aromatic heterocycles. The number of Topliss-reactive ketones (excluding diaryl/α,β-unsaturated/α-hetero) is 2. The third-order valence-corrected chi connectivity index (χ3v) is 1.40. The van der Waals surface area contributed by atoms with E-state index in [0.717, 1.165) is 0 Å². The highest BCUT2D eigenvalue weighted by Gasteiger charge is 2.08. The Morgan fingerprint density at radius 2 is 1.00 bits per heavy atom. The van der Waals surface area contributed by atoms with E-state index in [2.05, 4.69) is 22.6 Å². The molecule has 0 radical (unpaired) electrons. The summed E-state index contributed by atoms with van der Waals surface area (Å²) in [6, 6.07) is 0. The fourth-order valence-electron chi connectivity index (χ4n) is 0.820. The van der Waals surface area contributed by atoms with E-state index in [4.69, 9.17) is 0 Å². The summed E-state index contributed by atoms with van der Waals surface area (Å²) in [5, 5.41) is 0. The van der Waals surface area contributed by atoms with E-state index in [1.807, 2.05) is 13.8 Å². The standard InChI is InChI=1S/C10H14O6.2C3H6/c1-7(11)5-9(13)15-3-4-16-10(14)6-8(2)12;2*1-3-2/h3-6H2,1-2H3;2*3H,1H2,2H3. The Hall–Kier alpha value is -2.24. The second-order valence-electron chi connectivity index (χ2n) is 4.02. The fraction of sp³-hybridized carbons (Fsp3) is 0.500. The summed E-state index contributed by atoms with van der Waals surface area (Å²) in [6.45, 7) is 12.8. The Labute approximate surface area is 132 Å². The van der Waals surface area contributed by atoms with Gasteiger partial charge in [0.2, 0.25) is 0 Å². The Bertz CT molecular complexity index is 335. The zero-order valence-electron chi connectivity index (χ0n) is 13.8. The zero-order chi connectivity index (χ0) is 18.0. The Morgan fingerprint density at radius 1 is 0.773 bits per heavy atom. The van der Waals surface area contributed by atoms with Crippen LogP contribution >= 0.6 is 0 Å². The summed E-state index contributed by atoms with van der Waals surface area (Å²) in [6.07, 6.45) is 2.92. The maximum Gasteiger partial charge on any atom is 0.313 e. The van der Waals surface area contributed by atoms with Crippen LogP contribution in [0.5, 0.6) is 0 Å². The van der Waals surface area contributed by atoms with Gasteiger partial charge < -0.3 is 9.47 Å². The van der Waals surface area contributed by atoms with Gasteiger partial charge in [0.25, 0.3) is 0 Å². The molecule has 126 valence electrons. The van der Waals surface area contributed by atoms with Gasteiger partial charge in [-0.1, -0.05) is 12.2 Å². The van der Waals surface area contributed by atoms with E-state index in [1.54, 1.807) is 12.2 Å². The molecule has 0 spiro atoms. The number of hydrogen-bond donors (Lipinski definition) is 0. The van der Waals surface area contributed by atoms with Crippen LogP contribution in [0.25, 0.3) is 0 Å². The van der Waals surface area contributed by atoms with Crippen LogP contribution in [0.2, 0.25) is 0 Å². The van der Waals surface area contributed by atoms with Crippen molar-refractivity contribution in [3.05, 3.63) is 25.3 Å². The van der Waals surface area contributed by atoms with Crippen molar-refractivity contribution in [3.8, 4) is 0 Å². The van der Waals surface area contributed by atoms with Crippen molar-refractivity contribution in [1.29, 1.82) is 0 Å². The number of allylic oxidation sites excluding steroid dienone is 2.